The van der Waals surface area contributed by atoms with E-state index in [2.05, 4.69) is 12.2 Å². The van der Waals surface area contributed by atoms with Crippen LogP contribution in [-0.4, -0.2) is 48.0 Å². The molecule has 0 unspecified atom stereocenters. The molecule has 0 aliphatic rings. The first-order valence-electron chi connectivity index (χ1n) is 12.6. The van der Waals surface area contributed by atoms with Crippen LogP contribution in [0, 0.1) is 5.41 Å². The molecule has 0 fully saturated rings. The number of aliphatic hydroxyl groups is 2. The Labute approximate surface area is 190 Å². The maximum absolute atomic E-state index is 11.8. The molecule has 0 heterocycles. The number of carbonyl (C=O) groups excluding carboxylic acids is 2. The predicted molar refractivity (Wildman–Crippen MR) is 126 cm³/mol. The molecule has 0 aliphatic carbocycles. The lowest BCUT2D eigenvalue weighted by Crippen LogP contribution is -2.46. The summed E-state index contributed by atoms with van der Waals surface area (Å²) in [5, 5.41) is 21.6. The van der Waals surface area contributed by atoms with Crippen molar-refractivity contribution in [3.63, 3.8) is 0 Å². The van der Waals surface area contributed by atoms with Crippen LogP contribution in [0.5, 0.6) is 0 Å². The molecule has 6 heteroatoms. The van der Waals surface area contributed by atoms with Gasteiger partial charge in [-0.1, -0.05) is 104 Å². The van der Waals surface area contributed by atoms with E-state index in [1.54, 1.807) is 13.8 Å². The zero-order valence-electron chi connectivity index (χ0n) is 20.4. The average molecular weight is 444 g/mol. The molecule has 0 aromatic carbocycles. The van der Waals surface area contributed by atoms with Crippen LogP contribution in [0.2, 0.25) is 0 Å². The Hall–Kier alpha value is -1.14. The highest BCUT2D eigenvalue weighted by Gasteiger charge is 2.32. The maximum atomic E-state index is 11.8. The van der Waals surface area contributed by atoms with Gasteiger partial charge in [-0.3, -0.25) is 9.59 Å². The fourth-order valence-corrected chi connectivity index (χ4v) is 3.38. The van der Waals surface area contributed by atoms with Crippen LogP contribution in [0.15, 0.2) is 0 Å². The second-order valence-electron chi connectivity index (χ2n) is 9.41. The molecule has 6 nitrogen and oxygen atoms in total. The molecule has 0 aromatic rings. The number of hydrogen-bond donors (Lipinski definition) is 3. The van der Waals surface area contributed by atoms with Crippen molar-refractivity contribution in [1.29, 1.82) is 0 Å². The van der Waals surface area contributed by atoms with Crippen LogP contribution in [0.3, 0.4) is 0 Å². The fraction of sp³-hybridized carbons (Fsp3) is 0.920. The summed E-state index contributed by atoms with van der Waals surface area (Å²) < 4.78 is 5.19. The number of aliphatic hydroxyl groups excluding tert-OH is 2. The minimum Gasteiger partial charge on any atom is -0.466 e. The zero-order valence-corrected chi connectivity index (χ0v) is 20.4. The van der Waals surface area contributed by atoms with Crippen molar-refractivity contribution >= 4 is 11.9 Å². The van der Waals surface area contributed by atoms with Gasteiger partial charge in [0.2, 0.25) is 5.91 Å². The molecule has 3 N–H and O–H groups in total. The van der Waals surface area contributed by atoms with Gasteiger partial charge < -0.3 is 20.3 Å². The van der Waals surface area contributed by atoms with Crippen molar-refractivity contribution in [1.82, 2.24) is 5.32 Å². The van der Waals surface area contributed by atoms with Gasteiger partial charge in [0.1, 0.15) is 6.10 Å². The third kappa shape index (κ3) is 17.1. The molecule has 31 heavy (non-hydrogen) atoms. The number of esters is 1. The first-order chi connectivity index (χ1) is 14.8. The second kappa shape index (κ2) is 19.5. The van der Waals surface area contributed by atoms with E-state index < -0.39 is 17.4 Å². The number of unbranched alkanes of at least 4 members (excludes halogenated alkanes) is 13. The first kappa shape index (κ1) is 29.9. The summed E-state index contributed by atoms with van der Waals surface area (Å²) in [4.78, 5) is 23.5. The van der Waals surface area contributed by atoms with Gasteiger partial charge in [0.05, 0.1) is 19.6 Å². The molecular weight excluding hydrogens is 394 g/mol. The maximum Gasteiger partial charge on any atom is 0.307 e. The number of ether oxygens (including phenoxy) is 1. The van der Waals surface area contributed by atoms with Crippen molar-refractivity contribution in [3.8, 4) is 0 Å². The lowest BCUT2D eigenvalue weighted by atomic mass is 9.87. The molecule has 0 aliphatic heterocycles. The summed E-state index contributed by atoms with van der Waals surface area (Å²) >= 11 is 0. The van der Waals surface area contributed by atoms with E-state index in [0.29, 0.717) is 6.61 Å². The lowest BCUT2D eigenvalue weighted by molar-refractivity contribution is -0.144. The summed E-state index contributed by atoms with van der Waals surface area (Å²) in [7, 11) is 0. The summed E-state index contributed by atoms with van der Waals surface area (Å²) in [6.45, 7) is 5.69. The Morgan fingerprint density at radius 1 is 0.839 bits per heavy atom. The summed E-state index contributed by atoms with van der Waals surface area (Å²) in [6.07, 6.45) is 16.8. The van der Waals surface area contributed by atoms with E-state index in [1.807, 2.05) is 0 Å². The van der Waals surface area contributed by atoms with E-state index in [4.69, 9.17) is 4.74 Å². The quantitative estimate of drug-likeness (QED) is 0.173. The van der Waals surface area contributed by atoms with Crippen LogP contribution in [0.1, 0.15) is 117 Å². The van der Waals surface area contributed by atoms with Crippen LogP contribution in [0.4, 0.5) is 0 Å². The Balaban J connectivity index is 3.43. The molecular formula is C25H49NO5. The molecule has 1 atom stereocenters. The SMILES string of the molecule is CCCCCCCCCCCCCCCCOC(=O)CCNC(=O)[C@H](O)C(C)(C)CO. The molecule has 0 saturated carbocycles. The van der Waals surface area contributed by atoms with Gasteiger partial charge in [0, 0.05) is 12.0 Å². The topological polar surface area (TPSA) is 95.9 Å². The number of carbonyl (C=O) groups is 2. The van der Waals surface area contributed by atoms with Crippen molar-refractivity contribution in [2.75, 3.05) is 19.8 Å². The molecule has 1 amide bonds. The predicted octanol–water partition coefficient (Wildman–Crippen LogP) is 4.90. The Morgan fingerprint density at radius 2 is 1.29 bits per heavy atom. The Kier molecular flexibility index (Phi) is 18.8. The highest BCUT2D eigenvalue weighted by Crippen LogP contribution is 2.19. The monoisotopic (exact) mass is 443 g/mol. The highest BCUT2D eigenvalue weighted by atomic mass is 16.5. The third-order valence-electron chi connectivity index (χ3n) is 5.79. The van der Waals surface area contributed by atoms with Crippen molar-refractivity contribution in [3.05, 3.63) is 0 Å². The number of nitrogens with one attached hydrogen (secondary N) is 1. The van der Waals surface area contributed by atoms with E-state index >= 15 is 0 Å². The van der Waals surface area contributed by atoms with Crippen molar-refractivity contribution in [2.24, 2.45) is 5.41 Å². The minimum absolute atomic E-state index is 0.0800. The molecule has 0 rings (SSSR count). The van der Waals surface area contributed by atoms with Crippen molar-refractivity contribution < 1.29 is 24.5 Å². The van der Waals surface area contributed by atoms with Gasteiger partial charge in [0.15, 0.2) is 0 Å². The third-order valence-corrected chi connectivity index (χ3v) is 5.79. The van der Waals surface area contributed by atoms with Gasteiger partial charge in [-0.2, -0.15) is 0 Å². The van der Waals surface area contributed by atoms with Crippen LogP contribution in [0.25, 0.3) is 0 Å². The van der Waals surface area contributed by atoms with Crippen LogP contribution >= 0.6 is 0 Å². The van der Waals surface area contributed by atoms with Crippen LogP contribution < -0.4 is 5.32 Å². The largest absolute Gasteiger partial charge is 0.466 e. The van der Waals surface area contributed by atoms with E-state index in [-0.39, 0.29) is 25.5 Å². The normalized spacial score (nSPS) is 12.5. The molecule has 0 radical (unpaired) electrons. The molecule has 184 valence electrons. The summed E-state index contributed by atoms with van der Waals surface area (Å²) in [6, 6.07) is 0. The molecule has 0 spiro atoms. The fourth-order valence-electron chi connectivity index (χ4n) is 3.38. The molecule has 0 aromatic heterocycles. The molecule has 0 bridgehead atoms. The van der Waals surface area contributed by atoms with E-state index in [9.17, 15) is 19.8 Å². The standard InChI is InChI=1S/C25H49NO5/c1-4-5-6-7-8-9-10-11-12-13-14-15-16-17-20-31-22(28)18-19-26-24(30)23(29)25(2,3)21-27/h23,27,29H,4-21H2,1-3H3,(H,26,30)/t23-/m0/s1. The summed E-state index contributed by atoms with van der Waals surface area (Å²) in [5.74, 6) is -0.926. The van der Waals surface area contributed by atoms with Gasteiger partial charge in [-0.25, -0.2) is 0 Å². The summed E-state index contributed by atoms with van der Waals surface area (Å²) in [5.41, 5.74) is -0.918. The van der Waals surface area contributed by atoms with E-state index in [0.717, 1.165) is 12.8 Å². The Morgan fingerprint density at radius 3 is 1.74 bits per heavy atom. The zero-order chi connectivity index (χ0) is 23.4. The van der Waals surface area contributed by atoms with Gasteiger partial charge in [-0.05, 0) is 6.42 Å². The number of hydrogen-bond acceptors (Lipinski definition) is 5. The lowest BCUT2D eigenvalue weighted by Gasteiger charge is -2.27. The molecule has 0 saturated heterocycles. The van der Waals surface area contributed by atoms with E-state index in [1.165, 1.54) is 77.0 Å². The van der Waals surface area contributed by atoms with Crippen LogP contribution in [-0.2, 0) is 14.3 Å². The minimum atomic E-state index is -1.32. The smallest absolute Gasteiger partial charge is 0.307 e. The Bertz CT molecular complexity index is 453. The van der Waals surface area contributed by atoms with Gasteiger partial charge >= 0.3 is 5.97 Å². The number of amides is 1. The van der Waals surface area contributed by atoms with Crippen molar-refractivity contribution in [2.45, 2.75) is 123 Å². The number of rotatable bonds is 21. The average Bonchev–Trinajstić information content (AvgIpc) is 2.75. The highest BCUT2D eigenvalue weighted by molar-refractivity contribution is 5.81. The second-order valence-corrected chi connectivity index (χ2v) is 9.41. The first-order valence-corrected chi connectivity index (χ1v) is 12.6. The van der Waals surface area contributed by atoms with Gasteiger partial charge in [0.25, 0.3) is 0 Å². The van der Waals surface area contributed by atoms with Gasteiger partial charge in [-0.15, -0.1) is 0 Å².